The lowest BCUT2D eigenvalue weighted by Gasteiger charge is -2.31. The Bertz CT molecular complexity index is 894. The number of rotatable bonds is 4. The zero-order valence-electron chi connectivity index (χ0n) is 14.2. The van der Waals surface area contributed by atoms with Crippen LogP contribution in [0.3, 0.4) is 0 Å². The van der Waals surface area contributed by atoms with Crippen molar-refractivity contribution in [3.8, 4) is 0 Å². The predicted octanol–water partition coefficient (Wildman–Crippen LogP) is 2.92. The maximum atomic E-state index is 13.7. The molecule has 1 atom stereocenters. The summed E-state index contributed by atoms with van der Waals surface area (Å²) < 4.78 is 13.7. The van der Waals surface area contributed by atoms with Gasteiger partial charge in [0.05, 0.1) is 23.9 Å². The highest BCUT2D eigenvalue weighted by Gasteiger charge is 2.42. The minimum atomic E-state index is -0.622. The quantitative estimate of drug-likeness (QED) is 0.899. The minimum Gasteiger partial charge on any atom is -0.333 e. The van der Waals surface area contributed by atoms with E-state index in [1.807, 2.05) is 17.5 Å². The van der Waals surface area contributed by atoms with E-state index in [0.717, 1.165) is 6.42 Å². The van der Waals surface area contributed by atoms with Crippen LogP contribution in [0, 0.1) is 5.82 Å². The molecule has 1 aromatic heterocycles. The van der Waals surface area contributed by atoms with Gasteiger partial charge in [-0.15, -0.1) is 11.3 Å². The smallest absolute Gasteiger partial charge is 0.322 e. The van der Waals surface area contributed by atoms with Gasteiger partial charge in [0.1, 0.15) is 5.82 Å². The summed E-state index contributed by atoms with van der Waals surface area (Å²) in [5.41, 5.74) is 1.80. The molecule has 2 aliphatic rings. The lowest BCUT2D eigenvalue weighted by Crippen LogP contribution is -2.45. The van der Waals surface area contributed by atoms with E-state index in [2.05, 4.69) is 5.32 Å². The van der Waals surface area contributed by atoms with E-state index in [1.54, 1.807) is 35.4 Å². The third-order valence-corrected chi connectivity index (χ3v) is 5.76. The van der Waals surface area contributed by atoms with Crippen molar-refractivity contribution >= 4 is 23.3 Å². The summed E-state index contributed by atoms with van der Waals surface area (Å²) in [6.45, 7) is 0.986. The fourth-order valence-electron chi connectivity index (χ4n) is 3.44. The number of halogens is 1. The number of amides is 3. The number of hydrogen-bond donors (Lipinski definition) is 1. The third kappa shape index (κ3) is 2.88. The fourth-order valence-corrected chi connectivity index (χ4v) is 4.14. The van der Waals surface area contributed by atoms with Gasteiger partial charge in [0, 0.05) is 18.5 Å². The monoisotopic (exact) mass is 371 g/mol. The molecular weight excluding hydrogens is 353 g/mol. The van der Waals surface area contributed by atoms with Crippen molar-refractivity contribution in [2.75, 3.05) is 20.1 Å². The molecule has 2 aliphatic heterocycles. The normalized spacial score (nSPS) is 19.8. The second-order valence-corrected chi connectivity index (χ2v) is 7.45. The Kier molecular flexibility index (Phi) is 4.24. The lowest BCUT2D eigenvalue weighted by atomic mass is 9.95. The van der Waals surface area contributed by atoms with Gasteiger partial charge >= 0.3 is 6.03 Å². The van der Waals surface area contributed by atoms with Crippen LogP contribution in [0.25, 0.3) is 0 Å². The summed E-state index contributed by atoms with van der Waals surface area (Å²) in [6.07, 6.45) is 0.777. The van der Waals surface area contributed by atoms with Crippen LogP contribution < -0.4 is 5.32 Å². The number of thiophene rings is 1. The Morgan fingerprint density at radius 1 is 1.27 bits per heavy atom. The fraction of sp³-hybridized carbons (Fsp3) is 0.263. The molecule has 3 heterocycles. The first kappa shape index (κ1) is 16.8. The van der Waals surface area contributed by atoms with E-state index in [4.69, 9.17) is 0 Å². The molecule has 0 saturated carbocycles. The van der Waals surface area contributed by atoms with Crippen molar-refractivity contribution in [1.29, 1.82) is 0 Å². The zero-order chi connectivity index (χ0) is 18.3. The Morgan fingerprint density at radius 2 is 2.12 bits per heavy atom. The van der Waals surface area contributed by atoms with Crippen LogP contribution in [-0.2, 0) is 11.2 Å². The zero-order valence-corrected chi connectivity index (χ0v) is 15.1. The molecule has 1 unspecified atom stereocenters. The van der Waals surface area contributed by atoms with Gasteiger partial charge in [-0.2, -0.15) is 0 Å². The molecule has 4 rings (SSSR count). The van der Waals surface area contributed by atoms with Gasteiger partial charge in [-0.1, -0.05) is 18.2 Å². The van der Waals surface area contributed by atoms with E-state index >= 15 is 0 Å². The minimum absolute atomic E-state index is 0.0994. The van der Waals surface area contributed by atoms with Gasteiger partial charge in [0.15, 0.2) is 0 Å². The number of nitrogens with one attached hydrogen (secondary N) is 1. The number of carbonyl (C=O) groups excluding carboxylic acids is 2. The summed E-state index contributed by atoms with van der Waals surface area (Å²) in [6, 6.07) is 9.16. The Hall–Kier alpha value is -2.67. The molecule has 0 fully saturated rings. The van der Waals surface area contributed by atoms with Crippen LogP contribution in [-0.4, -0.2) is 41.9 Å². The maximum Gasteiger partial charge on any atom is 0.322 e. The molecule has 1 aromatic carbocycles. The molecule has 7 heteroatoms. The Labute approximate surface area is 154 Å². The van der Waals surface area contributed by atoms with Crippen molar-refractivity contribution in [2.24, 2.45) is 0 Å². The summed E-state index contributed by atoms with van der Waals surface area (Å²) in [5.74, 6) is -0.490. The molecule has 5 nitrogen and oxygen atoms in total. The maximum absolute atomic E-state index is 13.7. The van der Waals surface area contributed by atoms with Crippen molar-refractivity contribution < 1.29 is 14.0 Å². The standard InChI is InChI=1S/C19H18FN3O2S/c1-22-15-11-23(8-7-14-6-3-9-26-14)18(24)16(15)17(21-19(22)25)12-4-2-5-13(20)10-12/h2-6,9-10,17H,7-8,11H2,1H3,(H,21,25). The summed E-state index contributed by atoms with van der Waals surface area (Å²) in [5, 5.41) is 4.83. The number of carbonyl (C=O) groups is 2. The van der Waals surface area contributed by atoms with Gasteiger partial charge in [-0.25, -0.2) is 9.18 Å². The molecule has 26 heavy (non-hydrogen) atoms. The number of nitrogens with zero attached hydrogens (tertiary/aromatic N) is 2. The highest BCUT2D eigenvalue weighted by molar-refractivity contribution is 7.09. The largest absolute Gasteiger partial charge is 0.333 e. The van der Waals surface area contributed by atoms with Crippen LogP contribution in [0.4, 0.5) is 9.18 Å². The summed E-state index contributed by atoms with van der Waals surface area (Å²) in [7, 11) is 1.66. The first-order chi connectivity index (χ1) is 12.5. The first-order valence-corrected chi connectivity index (χ1v) is 9.27. The molecule has 0 radical (unpaired) electrons. The van der Waals surface area contributed by atoms with Crippen molar-refractivity contribution in [1.82, 2.24) is 15.1 Å². The Morgan fingerprint density at radius 3 is 2.85 bits per heavy atom. The third-order valence-electron chi connectivity index (χ3n) is 4.83. The molecule has 0 spiro atoms. The average molecular weight is 371 g/mol. The van der Waals surface area contributed by atoms with Crippen molar-refractivity contribution in [3.63, 3.8) is 0 Å². The number of likely N-dealkylation sites (N-methyl/N-ethyl adjacent to an activating group) is 1. The highest BCUT2D eigenvalue weighted by atomic mass is 32.1. The molecule has 1 N–H and O–H groups in total. The van der Waals surface area contributed by atoms with E-state index < -0.39 is 11.9 Å². The molecule has 3 amide bonds. The van der Waals surface area contributed by atoms with E-state index in [-0.39, 0.29) is 11.9 Å². The van der Waals surface area contributed by atoms with Crippen LogP contribution in [0.15, 0.2) is 53.0 Å². The van der Waals surface area contributed by atoms with Crippen LogP contribution >= 0.6 is 11.3 Å². The van der Waals surface area contributed by atoms with Crippen LogP contribution in [0.5, 0.6) is 0 Å². The van der Waals surface area contributed by atoms with E-state index in [9.17, 15) is 14.0 Å². The van der Waals surface area contributed by atoms with Gasteiger partial charge < -0.3 is 10.2 Å². The second kappa shape index (κ2) is 6.57. The summed E-state index contributed by atoms with van der Waals surface area (Å²) in [4.78, 5) is 29.8. The van der Waals surface area contributed by atoms with Crippen LogP contribution in [0.1, 0.15) is 16.5 Å². The SMILES string of the molecule is CN1C(=O)NC(c2cccc(F)c2)C2=C1CN(CCc1cccs1)C2=O. The van der Waals surface area contributed by atoms with E-state index in [1.165, 1.54) is 21.9 Å². The van der Waals surface area contributed by atoms with Gasteiger partial charge in [-0.05, 0) is 35.6 Å². The predicted molar refractivity (Wildman–Crippen MR) is 97.1 cm³/mol. The number of urea groups is 1. The molecule has 0 saturated heterocycles. The second-order valence-electron chi connectivity index (χ2n) is 6.41. The molecule has 0 aliphatic carbocycles. The van der Waals surface area contributed by atoms with Crippen molar-refractivity contribution in [2.45, 2.75) is 12.5 Å². The molecular formula is C19H18FN3O2S. The summed E-state index contributed by atoms with van der Waals surface area (Å²) >= 11 is 1.66. The number of hydrogen-bond acceptors (Lipinski definition) is 3. The first-order valence-electron chi connectivity index (χ1n) is 8.39. The van der Waals surface area contributed by atoms with Crippen molar-refractivity contribution in [3.05, 3.63) is 69.3 Å². The highest BCUT2D eigenvalue weighted by Crippen LogP contribution is 2.35. The number of benzene rings is 1. The lowest BCUT2D eigenvalue weighted by molar-refractivity contribution is -0.125. The molecule has 2 aromatic rings. The van der Waals surface area contributed by atoms with Gasteiger partial charge in [0.25, 0.3) is 5.91 Å². The van der Waals surface area contributed by atoms with Crippen LogP contribution in [0.2, 0.25) is 0 Å². The average Bonchev–Trinajstić information content (AvgIpc) is 3.25. The topological polar surface area (TPSA) is 52.7 Å². The van der Waals surface area contributed by atoms with Gasteiger partial charge in [-0.3, -0.25) is 9.69 Å². The van der Waals surface area contributed by atoms with E-state index in [0.29, 0.717) is 29.9 Å². The van der Waals surface area contributed by atoms with Gasteiger partial charge in [0.2, 0.25) is 0 Å². The molecule has 0 bridgehead atoms. The molecule has 134 valence electrons. The Balaban J connectivity index is 1.62.